The first-order valence-electron chi connectivity index (χ1n) is 6.58. The van der Waals surface area contributed by atoms with E-state index < -0.39 is 9.85 Å². The molecule has 0 amide bonds. The van der Waals surface area contributed by atoms with E-state index in [1.807, 2.05) is 4.90 Å². The number of nitrogens with zero attached hydrogens (tertiary/aromatic N) is 3. The van der Waals surface area contributed by atoms with Crippen molar-refractivity contribution in [2.24, 2.45) is 5.92 Å². The van der Waals surface area contributed by atoms with Gasteiger partial charge in [0.15, 0.2) is 0 Å². The second-order valence-corrected chi connectivity index (χ2v) is 5.34. The van der Waals surface area contributed by atoms with E-state index >= 15 is 0 Å². The molecule has 0 aromatic heterocycles. The van der Waals surface area contributed by atoms with Gasteiger partial charge < -0.3 is 4.90 Å². The summed E-state index contributed by atoms with van der Waals surface area (Å²) in [5.41, 5.74) is 0.556. The molecule has 1 atom stereocenters. The molecule has 0 N–H and O–H groups in total. The fraction of sp³-hybridized carbons (Fsp3) is 0.538. The van der Waals surface area contributed by atoms with E-state index in [0.29, 0.717) is 17.2 Å². The van der Waals surface area contributed by atoms with Crippen molar-refractivity contribution < 1.29 is 9.85 Å². The molecular weight excluding hydrogens is 262 g/mol. The Morgan fingerprint density at radius 3 is 2.40 bits per heavy atom. The van der Waals surface area contributed by atoms with Crippen LogP contribution in [0.2, 0.25) is 0 Å². The molecule has 7 nitrogen and oxygen atoms in total. The molecule has 1 aromatic rings. The molecule has 0 spiro atoms. The van der Waals surface area contributed by atoms with Crippen LogP contribution in [0.25, 0.3) is 0 Å². The summed E-state index contributed by atoms with van der Waals surface area (Å²) in [6.45, 7) is 5.22. The zero-order valence-corrected chi connectivity index (χ0v) is 11.5. The summed E-state index contributed by atoms with van der Waals surface area (Å²) in [4.78, 5) is 22.9. The van der Waals surface area contributed by atoms with Gasteiger partial charge in [0.05, 0.1) is 15.9 Å². The van der Waals surface area contributed by atoms with Gasteiger partial charge in [0.2, 0.25) is 0 Å². The maximum Gasteiger partial charge on any atom is 0.299 e. The molecule has 0 aliphatic carbocycles. The third-order valence-electron chi connectivity index (χ3n) is 3.68. The van der Waals surface area contributed by atoms with E-state index in [9.17, 15) is 20.2 Å². The average Bonchev–Trinajstić information content (AvgIpc) is 2.37. The van der Waals surface area contributed by atoms with Gasteiger partial charge in [-0.2, -0.15) is 0 Å². The van der Waals surface area contributed by atoms with Gasteiger partial charge >= 0.3 is 0 Å². The fourth-order valence-electron chi connectivity index (χ4n) is 2.67. The number of hydrogen-bond acceptors (Lipinski definition) is 5. The molecule has 0 bridgehead atoms. The van der Waals surface area contributed by atoms with Crippen LogP contribution in [0.15, 0.2) is 12.1 Å². The lowest BCUT2D eigenvalue weighted by molar-refractivity contribution is -0.394. The predicted molar refractivity (Wildman–Crippen MR) is 75.1 cm³/mol. The monoisotopic (exact) mass is 279 g/mol. The van der Waals surface area contributed by atoms with Gasteiger partial charge in [-0.1, -0.05) is 6.92 Å². The van der Waals surface area contributed by atoms with Crippen LogP contribution in [-0.4, -0.2) is 22.9 Å². The van der Waals surface area contributed by atoms with Crippen molar-refractivity contribution in [3.8, 4) is 0 Å². The number of nitro groups is 2. The molecule has 7 heteroatoms. The van der Waals surface area contributed by atoms with Crippen molar-refractivity contribution in [2.45, 2.75) is 26.7 Å². The summed E-state index contributed by atoms with van der Waals surface area (Å²) in [7, 11) is 0. The van der Waals surface area contributed by atoms with E-state index in [4.69, 9.17) is 0 Å². The minimum Gasteiger partial charge on any atom is -0.366 e. The molecule has 1 fully saturated rings. The van der Waals surface area contributed by atoms with Gasteiger partial charge in [-0.15, -0.1) is 0 Å². The normalized spacial score (nSPS) is 18.9. The average molecular weight is 279 g/mol. The molecule has 1 heterocycles. The molecule has 108 valence electrons. The molecule has 1 aliphatic rings. The molecule has 2 rings (SSSR count). The highest BCUT2D eigenvalue weighted by atomic mass is 16.6. The van der Waals surface area contributed by atoms with Crippen molar-refractivity contribution in [1.82, 2.24) is 0 Å². The minimum atomic E-state index is -0.578. The minimum absolute atomic E-state index is 0.184. The van der Waals surface area contributed by atoms with Crippen molar-refractivity contribution in [3.05, 3.63) is 37.9 Å². The van der Waals surface area contributed by atoms with Crippen molar-refractivity contribution in [2.75, 3.05) is 18.0 Å². The number of anilines is 1. The molecule has 0 saturated carbocycles. The van der Waals surface area contributed by atoms with E-state index in [-0.39, 0.29) is 11.4 Å². The zero-order valence-electron chi connectivity index (χ0n) is 11.5. The van der Waals surface area contributed by atoms with Crippen LogP contribution in [0.5, 0.6) is 0 Å². The summed E-state index contributed by atoms with van der Waals surface area (Å²) < 4.78 is 0. The van der Waals surface area contributed by atoms with Crippen LogP contribution < -0.4 is 4.90 Å². The van der Waals surface area contributed by atoms with Gasteiger partial charge in [-0.05, 0) is 31.7 Å². The Kier molecular flexibility index (Phi) is 3.87. The summed E-state index contributed by atoms with van der Waals surface area (Å²) in [6, 6.07) is 2.64. The quantitative estimate of drug-likeness (QED) is 0.626. The largest absolute Gasteiger partial charge is 0.366 e. The Balaban J connectivity index is 2.48. The fourth-order valence-corrected chi connectivity index (χ4v) is 2.67. The van der Waals surface area contributed by atoms with Crippen LogP contribution in [0.3, 0.4) is 0 Å². The highest BCUT2D eigenvalue weighted by Gasteiger charge is 2.27. The lowest BCUT2D eigenvalue weighted by Crippen LogP contribution is -2.34. The molecule has 0 unspecified atom stereocenters. The van der Waals surface area contributed by atoms with Crippen LogP contribution in [0.4, 0.5) is 17.1 Å². The topological polar surface area (TPSA) is 89.5 Å². The molecular formula is C13H17N3O4. The van der Waals surface area contributed by atoms with Crippen LogP contribution in [-0.2, 0) is 0 Å². The Labute approximate surface area is 116 Å². The smallest absolute Gasteiger partial charge is 0.299 e. The summed E-state index contributed by atoms with van der Waals surface area (Å²) in [5, 5.41) is 22.1. The maximum atomic E-state index is 11.2. The Hall–Kier alpha value is -2.18. The molecule has 20 heavy (non-hydrogen) atoms. The number of nitro benzene ring substituents is 2. The molecule has 0 radical (unpaired) electrons. The number of benzene rings is 1. The van der Waals surface area contributed by atoms with Crippen molar-refractivity contribution in [3.63, 3.8) is 0 Å². The first-order chi connectivity index (χ1) is 9.40. The predicted octanol–water partition coefficient (Wildman–Crippen LogP) is 3.05. The third-order valence-corrected chi connectivity index (χ3v) is 3.68. The summed E-state index contributed by atoms with van der Waals surface area (Å²) in [6.07, 6.45) is 2.09. The van der Waals surface area contributed by atoms with Gasteiger partial charge in [0.25, 0.3) is 11.4 Å². The highest BCUT2D eigenvalue weighted by molar-refractivity contribution is 5.69. The Bertz CT molecular complexity index is 559. The van der Waals surface area contributed by atoms with Gasteiger partial charge in [-0.25, -0.2) is 0 Å². The highest BCUT2D eigenvalue weighted by Crippen LogP contribution is 2.36. The first-order valence-corrected chi connectivity index (χ1v) is 6.58. The van der Waals surface area contributed by atoms with E-state index in [1.165, 1.54) is 0 Å². The maximum absolute atomic E-state index is 11.2. The van der Waals surface area contributed by atoms with Gasteiger partial charge in [0.1, 0.15) is 5.69 Å². The standard InChI is InChI=1S/C13H17N3O4/c1-9-4-3-5-14(8-9)12-6-10(2)11(15(17)18)7-13(12)16(19)20/h6-7,9H,3-5,8H2,1-2H3/t9-/m1/s1. The SMILES string of the molecule is Cc1cc(N2CCC[C@@H](C)C2)c([N+](=O)[O-])cc1[N+](=O)[O-]. The first kappa shape index (κ1) is 14.2. The number of piperidine rings is 1. The number of hydrogen-bond donors (Lipinski definition) is 0. The van der Waals surface area contributed by atoms with E-state index in [0.717, 1.165) is 32.0 Å². The lowest BCUT2D eigenvalue weighted by atomic mass is 9.99. The van der Waals surface area contributed by atoms with E-state index in [1.54, 1.807) is 13.0 Å². The molecule has 1 aliphatic heterocycles. The summed E-state index contributed by atoms with van der Waals surface area (Å²) >= 11 is 0. The molecule has 1 saturated heterocycles. The van der Waals surface area contributed by atoms with Gasteiger partial charge in [0, 0.05) is 18.7 Å². The Morgan fingerprint density at radius 2 is 1.85 bits per heavy atom. The van der Waals surface area contributed by atoms with Crippen molar-refractivity contribution >= 4 is 17.1 Å². The van der Waals surface area contributed by atoms with Crippen molar-refractivity contribution in [1.29, 1.82) is 0 Å². The second-order valence-electron chi connectivity index (χ2n) is 5.34. The van der Waals surface area contributed by atoms with Crippen LogP contribution in [0, 0.1) is 33.1 Å². The van der Waals surface area contributed by atoms with E-state index in [2.05, 4.69) is 6.92 Å². The van der Waals surface area contributed by atoms with Crippen LogP contribution >= 0.6 is 0 Å². The van der Waals surface area contributed by atoms with Crippen LogP contribution in [0.1, 0.15) is 25.3 Å². The zero-order chi connectivity index (χ0) is 14.9. The Morgan fingerprint density at radius 1 is 1.20 bits per heavy atom. The second kappa shape index (κ2) is 5.44. The number of rotatable bonds is 3. The third kappa shape index (κ3) is 2.71. The lowest BCUT2D eigenvalue weighted by Gasteiger charge is -2.32. The van der Waals surface area contributed by atoms with Gasteiger partial charge in [-0.3, -0.25) is 20.2 Å². The number of aryl methyl sites for hydroxylation is 1. The summed E-state index contributed by atoms with van der Waals surface area (Å²) in [5.74, 6) is 0.471. The molecule has 1 aromatic carbocycles.